The molecule has 0 bridgehead atoms. The topological polar surface area (TPSA) is 57.5 Å². The summed E-state index contributed by atoms with van der Waals surface area (Å²) in [6.07, 6.45) is 5.24. The molecule has 6 nitrogen and oxygen atoms in total. The van der Waals surface area contributed by atoms with E-state index >= 15 is 0 Å². The van der Waals surface area contributed by atoms with Gasteiger partial charge in [0.25, 0.3) is 0 Å². The fourth-order valence-electron chi connectivity index (χ4n) is 3.44. The molecule has 1 saturated heterocycles. The molecule has 1 aliphatic rings. The van der Waals surface area contributed by atoms with Gasteiger partial charge in [0.15, 0.2) is 5.96 Å². The summed E-state index contributed by atoms with van der Waals surface area (Å²) in [4.78, 5) is 6.94. The molecule has 1 unspecified atom stereocenters. The number of nitrogens with one attached hydrogen (secondary N) is 2. The molecule has 2 heterocycles. The molecule has 1 atom stereocenters. The van der Waals surface area contributed by atoms with Gasteiger partial charge in [0.1, 0.15) is 0 Å². The number of aryl methyl sites for hydroxylation is 2. The summed E-state index contributed by atoms with van der Waals surface area (Å²) in [5.74, 6) is 0.865. The summed E-state index contributed by atoms with van der Waals surface area (Å²) in [6.45, 7) is 10.7. The van der Waals surface area contributed by atoms with E-state index in [2.05, 4.69) is 46.4 Å². The maximum absolute atomic E-state index is 4.46. The van der Waals surface area contributed by atoms with E-state index in [1.807, 2.05) is 18.8 Å². The normalized spacial score (nSPS) is 19.5. The first-order valence-electron chi connectivity index (χ1n) is 9.20. The minimum Gasteiger partial charge on any atom is -0.356 e. The van der Waals surface area contributed by atoms with Gasteiger partial charge in [0, 0.05) is 51.0 Å². The van der Waals surface area contributed by atoms with Crippen molar-refractivity contribution in [1.82, 2.24) is 25.3 Å². The summed E-state index contributed by atoms with van der Waals surface area (Å²) >= 11 is 0. The van der Waals surface area contributed by atoms with Gasteiger partial charge in [0.05, 0.1) is 5.69 Å². The summed E-state index contributed by atoms with van der Waals surface area (Å²) in [7, 11) is 3.81. The van der Waals surface area contributed by atoms with E-state index in [0.29, 0.717) is 0 Å². The Morgan fingerprint density at radius 3 is 2.71 bits per heavy atom. The minimum atomic E-state index is 0.743. The Kier molecular flexibility index (Phi) is 7.09. The third-order valence-electron chi connectivity index (χ3n) is 5.17. The van der Waals surface area contributed by atoms with Crippen LogP contribution in [0.2, 0.25) is 0 Å². The zero-order valence-corrected chi connectivity index (χ0v) is 16.0. The maximum Gasteiger partial charge on any atom is 0.191 e. The molecule has 24 heavy (non-hydrogen) atoms. The van der Waals surface area contributed by atoms with Crippen molar-refractivity contribution in [3.8, 4) is 0 Å². The van der Waals surface area contributed by atoms with Crippen molar-refractivity contribution in [3.63, 3.8) is 0 Å². The Morgan fingerprint density at radius 2 is 2.08 bits per heavy atom. The highest BCUT2D eigenvalue weighted by molar-refractivity contribution is 5.79. The molecule has 1 aromatic rings. The van der Waals surface area contributed by atoms with Crippen LogP contribution in [0.5, 0.6) is 0 Å². The highest BCUT2D eigenvalue weighted by Crippen LogP contribution is 2.16. The van der Waals surface area contributed by atoms with Crippen molar-refractivity contribution >= 4 is 5.96 Å². The van der Waals surface area contributed by atoms with Crippen molar-refractivity contribution in [2.75, 3.05) is 26.7 Å². The van der Waals surface area contributed by atoms with E-state index in [-0.39, 0.29) is 0 Å². The van der Waals surface area contributed by atoms with Gasteiger partial charge < -0.3 is 15.5 Å². The third-order valence-corrected chi connectivity index (χ3v) is 5.17. The van der Waals surface area contributed by atoms with E-state index in [4.69, 9.17) is 0 Å². The highest BCUT2D eigenvalue weighted by atomic mass is 15.3. The van der Waals surface area contributed by atoms with Crippen molar-refractivity contribution < 1.29 is 0 Å². The Bertz CT molecular complexity index is 548. The molecule has 0 aromatic carbocycles. The lowest BCUT2D eigenvalue weighted by Gasteiger charge is -2.33. The van der Waals surface area contributed by atoms with Gasteiger partial charge in [-0.15, -0.1) is 0 Å². The number of aliphatic imine (C=N–C) groups is 1. The van der Waals surface area contributed by atoms with Crippen LogP contribution in [0.25, 0.3) is 0 Å². The minimum absolute atomic E-state index is 0.743. The van der Waals surface area contributed by atoms with E-state index in [0.717, 1.165) is 37.2 Å². The van der Waals surface area contributed by atoms with Gasteiger partial charge in [-0.1, -0.05) is 6.42 Å². The van der Waals surface area contributed by atoms with Gasteiger partial charge in [-0.25, -0.2) is 0 Å². The van der Waals surface area contributed by atoms with Gasteiger partial charge >= 0.3 is 0 Å². The molecule has 0 spiro atoms. The lowest BCUT2D eigenvalue weighted by atomic mass is 10.0. The molecule has 0 amide bonds. The van der Waals surface area contributed by atoms with Crippen LogP contribution in [-0.2, 0) is 13.6 Å². The Balaban J connectivity index is 1.71. The first kappa shape index (κ1) is 18.8. The lowest BCUT2D eigenvalue weighted by Crippen LogP contribution is -2.41. The summed E-state index contributed by atoms with van der Waals surface area (Å²) in [5.41, 5.74) is 3.54. The van der Waals surface area contributed by atoms with E-state index < -0.39 is 0 Å². The number of hydrogen-bond acceptors (Lipinski definition) is 3. The smallest absolute Gasteiger partial charge is 0.191 e. The number of nitrogens with zero attached hydrogens (tertiary/aromatic N) is 4. The number of rotatable bonds is 6. The van der Waals surface area contributed by atoms with Gasteiger partial charge in [-0.05, 0) is 46.6 Å². The molecule has 0 aliphatic carbocycles. The molecule has 2 N–H and O–H groups in total. The molecule has 136 valence electrons. The first-order valence-corrected chi connectivity index (χ1v) is 9.20. The number of hydrogen-bond donors (Lipinski definition) is 2. The van der Waals surface area contributed by atoms with Crippen LogP contribution in [0.1, 0.15) is 49.6 Å². The molecular weight excluding hydrogens is 300 g/mol. The van der Waals surface area contributed by atoms with Crippen LogP contribution in [0, 0.1) is 13.8 Å². The van der Waals surface area contributed by atoms with Crippen LogP contribution in [-0.4, -0.2) is 53.4 Å². The number of piperidine rings is 1. The van der Waals surface area contributed by atoms with Gasteiger partial charge in [-0.2, -0.15) is 5.10 Å². The molecular formula is C18H34N6. The maximum atomic E-state index is 4.46. The van der Waals surface area contributed by atoms with E-state index in [9.17, 15) is 0 Å². The molecule has 0 saturated carbocycles. The second-order valence-electron chi connectivity index (χ2n) is 6.86. The lowest BCUT2D eigenvalue weighted by molar-refractivity contribution is 0.159. The summed E-state index contributed by atoms with van der Waals surface area (Å²) in [5, 5.41) is 11.3. The van der Waals surface area contributed by atoms with Crippen molar-refractivity contribution in [1.29, 1.82) is 0 Å². The SMILES string of the molecule is CN=C(NCCCN1CCCCC1C)NCc1c(C)nn(C)c1C. The fourth-order valence-corrected chi connectivity index (χ4v) is 3.44. The predicted octanol–water partition coefficient (Wildman–Crippen LogP) is 1.97. The summed E-state index contributed by atoms with van der Waals surface area (Å²) in [6, 6.07) is 0.743. The molecule has 1 aliphatic heterocycles. The number of guanidine groups is 1. The third kappa shape index (κ3) is 4.97. The number of likely N-dealkylation sites (tertiary alicyclic amines) is 1. The Morgan fingerprint density at radius 1 is 1.29 bits per heavy atom. The van der Waals surface area contributed by atoms with Crippen molar-refractivity contribution in [2.45, 2.75) is 59.0 Å². The Hall–Kier alpha value is -1.56. The fraction of sp³-hybridized carbons (Fsp3) is 0.778. The molecule has 1 fully saturated rings. The van der Waals surface area contributed by atoms with Gasteiger partial charge in [0.2, 0.25) is 0 Å². The largest absolute Gasteiger partial charge is 0.356 e. The first-order chi connectivity index (χ1) is 11.5. The van der Waals surface area contributed by atoms with Crippen LogP contribution in [0.4, 0.5) is 0 Å². The highest BCUT2D eigenvalue weighted by Gasteiger charge is 2.17. The summed E-state index contributed by atoms with van der Waals surface area (Å²) < 4.78 is 1.93. The molecule has 6 heteroatoms. The second-order valence-corrected chi connectivity index (χ2v) is 6.86. The van der Waals surface area contributed by atoms with Crippen molar-refractivity contribution in [3.05, 3.63) is 17.0 Å². The average molecular weight is 335 g/mol. The molecule has 1 aromatic heterocycles. The van der Waals surface area contributed by atoms with Gasteiger partial charge in [-0.3, -0.25) is 9.67 Å². The van der Waals surface area contributed by atoms with E-state index in [1.165, 1.54) is 43.6 Å². The standard InChI is InChI=1S/C18H34N6/c1-14-9-6-7-11-24(14)12-8-10-20-18(19-4)21-13-17-15(2)22-23(5)16(17)3/h14H,6-13H2,1-5H3,(H2,19,20,21). The molecule has 0 radical (unpaired) electrons. The van der Waals surface area contributed by atoms with Crippen LogP contribution >= 0.6 is 0 Å². The van der Waals surface area contributed by atoms with Crippen molar-refractivity contribution in [2.24, 2.45) is 12.0 Å². The zero-order chi connectivity index (χ0) is 17.5. The second kappa shape index (κ2) is 9.06. The quantitative estimate of drug-likeness (QED) is 0.474. The monoisotopic (exact) mass is 334 g/mol. The Labute approximate surface area is 146 Å². The zero-order valence-electron chi connectivity index (χ0n) is 16.0. The molecule has 2 rings (SSSR count). The van der Waals surface area contributed by atoms with Crippen LogP contribution in [0.15, 0.2) is 4.99 Å². The van der Waals surface area contributed by atoms with Crippen LogP contribution in [0.3, 0.4) is 0 Å². The number of aromatic nitrogens is 2. The average Bonchev–Trinajstić information content (AvgIpc) is 2.81. The van der Waals surface area contributed by atoms with E-state index in [1.54, 1.807) is 0 Å². The van der Waals surface area contributed by atoms with Crippen LogP contribution < -0.4 is 10.6 Å². The predicted molar refractivity (Wildman–Crippen MR) is 100 cm³/mol.